The number of carbonyl (C=O) groups excluding carboxylic acids is 1. The molecule has 0 spiro atoms. The van der Waals surface area contributed by atoms with Crippen molar-refractivity contribution in [1.29, 1.82) is 0 Å². The van der Waals surface area contributed by atoms with Gasteiger partial charge in [-0.3, -0.25) is 18.7 Å². The molecule has 35 heavy (non-hydrogen) atoms. The summed E-state index contributed by atoms with van der Waals surface area (Å²) in [6.45, 7) is 5.03. The Bertz CT molecular complexity index is 1530. The third-order valence-electron chi connectivity index (χ3n) is 5.96. The fraction of sp³-hybridized carbons (Fsp3) is 0.269. The molecule has 0 saturated carbocycles. The molecule has 5 rings (SSSR count). The van der Waals surface area contributed by atoms with Crippen molar-refractivity contribution in [3.05, 3.63) is 85.9 Å². The fourth-order valence-electron chi connectivity index (χ4n) is 4.32. The van der Waals surface area contributed by atoms with Gasteiger partial charge in [-0.2, -0.15) is 0 Å². The summed E-state index contributed by atoms with van der Waals surface area (Å²) in [6, 6.07) is 14.7. The van der Waals surface area contributed by atoms with Crippen molar-refractivity contribution < 1.29 is 14.3 Å². The molecule has 3 heterocycles. The summed E-state index contributed by atoms with van der Waals surface area (Å²) in [5.41, 5.74) is 2.05. The minimum absolute atomic E-state index is 0.0835. The van der Waals surface area contributed by atoms with E-state index in [1.54, 1.807) is 16.3 Å². The molecule has 1 amide bonds. The number of hydrogen-bond acceptors (Lipinski definition) is 6. The average Bonchev–Trinajstić information content (AvgIpc) is 3.34. The molecule has 1 aliphatic rings. The van der Waals surface area contributed by atoms with Gasteiger partial charge in [0, 0.05) is 0 Å². The molecule has 9 heteroatoms. The summed E-state index contributed by atoms with van der Waals surface area (Å²) >= 11 is 1.26. The second kappa shape index (κ2) is 9.42. The Labute approximate surface area is 205 Å². The van der Waals surface area contributed by atoms with E-state index >= 15 is 0 Å². The summed E-state index contributed by atoms with van der Waals surface area (Å²) < 4.78 is 14.3. The standard InChI is InChI=1S/C26H25N3O5S/c1-3-33-19-6-4-5-18(14-19)15-29-25(31)24-20(9-12-35-24)28(26(29)32)16-23(30)27-10-11-34-22-8-7-17(2)13-21(22)27/h4-9,12-14H,3,10-11,15-16H2,1-2H3. The number of anilines is 1. The van der Waals surface area contributed by atoms with E-state index in [0.717, 1.165) is 11.1 Å². The normalized spacial score (nSPS) is 12.9. The number of ether oxygens (including phenoxy) is 2. The molecule has 0 N–H and O–H groups in total. The van der Waals surface area contributed by atoms with Crippen LogP contribution in [-0.4, -0.2) is 34.8 Å². The minimum atomic E-state index is -0.520. The van der Waals surface area contributed by atoms with Crippen molar-refractivity contribution in [2.45, 2.75) is 26.9 Å². The first-order valence-electron chi connectivity index (χ1n) is 11.4. The van der Waals surface area contributed by atoms with E-state index in [-0.39, 0.29) is 24.6 Å². The third kappa shape index (κ3) is 4.35. The molecule has 4 aromatic rings. The van der Waals surface area contributed by atoms with E-state index in [9.17, 15) is 14.4 Å². The highest BCUT2D eigenvalue weighted by atomic mass is 32.1. The molecular weight excluding hydrogens is 466 g/mol. The number of hydrogen-bond donors (Lipinski definition) is 0. The Morgan fingerprint density at radius 3 is 2.80 bits per heavy atom. The van der Waals surface area contributed by atoms with Crippen LogP contribution >= 0.6 is 11.3 Å². The van der Waals surface area contributed by atoms with Crippen molar-refractivity contribution in [2.75, 3.05) is 24.7 Å². The van der Waals surface area contributed by atoms with E-state index < -0.39 is 5.69 Å². The molecule has 0 aliphatic carbocycles. The number of rotatable bonds is 6. The third-order valence-corrected chi connectivity index (χ3v) is 6.85. The van der Waals surface area contributed by atoms with Crippen molar-refractivity contribution in [2.24, 2.45) is 0 Å². The lowest BCUT2D eigenvalue weighted by atomic mass is 10.1. The molecule has 0 unspecified atom stereocenters. The van der Waals surface area contributed by atoms with Gasteiger partial charge in [0.05, 0.1) is 30.9 Å². The summed E-state index contributed by atoms with van der Waals surface area (Å²) in [6.07, 6.45) is 0. The predicted molar refractivity (Wildman–Crippen MR) is 136 cm³/mol. The van der Waals surface area contributed by atoms with E-state index in [4.69, 9.17) is 9.47 Å². The summed E-state index contributed by atoms with van der Waals surface area (Å²) in [5.74, 6) is 1.08. The topological polar surface area (TPSA) is 82.8 Å². The zero-order valence-electron chi connectivity index (χ0n) is 19.5. The predicted octanol–water partition coefficient (Wildman–Crippen LogP) is 3.41. The maximum absolute atomic E-state index is 13.5. The second-order valence-corrected chi connectivity index (χ2v) is 9.26. The van der Waals surface area contributed by atoms with E-state index in [0.29, 0.717) is 47.2 Å². The van der Waals surface area contributed by atoms with Gasteiger partial charge in [-0.15, -0.1) is 11.3 Å². The molecule has 0 bridgehead atoms. The zero-order chi connectivity index (χ0) is 24.5. The number of aryl methyl sites for hydroxylation is 1. The maximum Gasteiger partial charge on any atom is 0.332 e. The van der Waals surface area contributed by atoms with Crippen LogP contribution in [0.2, 0.25) is 0 Å². The van der Waals surface area contributed by atoms with Gasteiger partial charge >= 0.3 is 5.69 Å². The Morgan fingerprint density at radius 2 is 1.97 bits per heavy atom. The molecule has 0 fully saturated rings. The van der Waals surface area contributed by atoms with Gasteiger partial charge in [-0.05, 0) is 60.7 Å². The Morgan fingerprint density at radius 1 is 1.11 bits per heavy atom. The Balaban J connectivity index is 1.53. The number of benzene rings is 2. The van der Waals surface area contributed by atoms with Crippen LogP contribution in [0.5, 0.6) is 11.5 Å². The molecule has 0 atom stereocenters. The van der Waals surface area contributed by atoms with Crippen LogP contribution in [0.15, 0.2) is 63.5 Å². The number of amides is 1. The lowest BCUT2D eigenvalue weighted by Gasteiger charge is -2.30. The van der Waals surface area contributed by atoms with Crippen molar-refractivity contribution in [1.82, 2.24) is 9.13 Å². The molecule has 0 radical (unpaired) electrons. The fourth-order valence-corrected chi connectivity index (χ4v) is 5.16. The Kier molecular flexibility index (Phi) is 6.17. The zero-order valence-corrected chi connectivity index (χ0v) is 20.3. The van der Waals surface area contributed by atoms with Crippen LogP contribution in [-0.2, 0) is 17.9 Å². The highest BCUT2D eigenvalue weighted by molar-refractivity contribution is 7.17. The van der Waals surface area contributed by atoms with Gasteiger partial charge in [-0.25, -0.2) is 4.79 Å². The maximum atomic E-state index is 13.5. The second-order valence-electron chi connectivity index (χ2n) is 8.34. The highest BCUT2D eigenvalue weighted by Crippen LogP contribution is 2.32. The molecule has 0 saturated heterocycles. The Hall–Kier alpha value is -3.85. The molecule has 180 valence electrons. The molecule has 8 nitrogen and oxygen atoms in total. The monoisotopic (exact) mass is 491 g/mol. The van der Waals surface area contributed by atoms with Crippen LogP contribution in [0.4, 0.5) is 5.69 Å². The van der Waals surface area contributed by atoms with Crippen LogP contribution < -0.4 is 25.6 Å². The van der Waals surface area contributed by atoms with E-state index in [2.05, 4.69) is 0 Å². The quantitative estimate of drug-likeness (QED) is 0.413. The van der Waals surface area contributed by atoms with Gasteiger partial charge in [0.2, 0.25) is 5.91 Å². The molecular formula is C26H25N3O5S. The van der Waals surface area contributed by atoms with Crippen molar-refractivity contribution in [3.63, 3.8) is 0 Å². The molecule has 1 aliphatic heterocycles. The molecule has 2 aromatic heterocycles. The number of thiophene rings is 1. The highest BCUT2D eigenvalue weighted by Gasteiger charge is 2.26. The average molecular weight is 492 g/mol. The van der Waals surface area contributed by atoms with Crippen LogP contribution in [0.1, 0.15) is 18.1 Å². The summed E-state index contributed by atoms with van der Waals surface area (Å²) in [4.78, 5) is 41.8. The lowest BCUT2D eigenvalue weighted by molar-refractivity contribution is -0.119. The number of aromatic nitrogens is 2. The first-order valence-corrected chi connectivity index (χ1v) is 12.3. The van der Waals surface area contributed by atoms with Crippen LogP contribution in [0.25, 0.3) is 10.2 Å². The summed E-state index contributed by atoms with van der Waals surface area (Å²) in [5, 5.41) is 1.76. The number of fused-ring (bicyclic) bond motifs is 2. The van der Waals surface area contributed by atoms with E-state index in [1.807, 2.05) is 56.3 Å². The largest absolute Gasteiger partial charge is 0.494 e. The molecule has 2 aromatic carbocycles. The van der Waals surface area contributed by atoms with Crippen molar-refractivity contribution in [3.8, 4) is 11.5 Å². The van der Waals surface area contributed by atoms with Gasteiger partial charge in [0.25, 0.3) is 5.56 Å². The first-order chi connectivity index (χ1) is 17.0. The SMILES string of the molecule is CCOc1cccc(Cn2c(=O)c3sccc3n(CC(=O)N3CCOc4ccc(C)cc43)c2=O)c1. The van der Waals surface area contributed by atoms with Crippen LogP contribution in [0, 0.1) is 6.92 Å². The summed E-state index contributed by atoms with van der Waals surface area (Å²) in [7, 11) is 0. The van der Waals surface area contributed by atoms with Gasteiger partial charge < -0.3 is 14.4 Å². The smallest absolute Gasteiger partial charge is 0.332 e. The van der Waals surface area contributed by atoms with Gasteiger partial charge in [0.15, 0.2) is 0 Å². The van der Waals surface area contributed by atoms with E-state index in [1.165, 1.54) is 20.5 Å². The van der Waals surface area contributed by atoms with Crippen LogP contribution in [0.3, 0.4) is 0 Å². The first kappa shape index (κ1) is 22.9. The lowest BCUT2D eigenvalue weighted by Crippen LogP contribution is -2.45. The van der Waals surface area contributed by atoms with Crippen molar-refractivity contribution >= 4 is 33.1 Å². The van der Waals surface area contributed by atoms with Gasteiger partial charge in [0.1, 0.15) is 29.4 Å². The minimum Gasteiger partial charge on any atom is -0.494 e. The number of carbonyl (C=O) groups is 1. The van der Waals surface area contributed by atoms with Gasteiger partial charge in [-0.1, -0.05) is 18.2 Å². The number of nitrogens with zero attached hydrogens (tertiary/aromatic N) is 3.